The van der Waals surface area contributed by atoms with Gasteiger partial charge in [-0.05, 0) is 30.5 Å². The zero-order chi connectivity index (χ0) is 21.1. The molecule has 3 amide bonds. The van der Waals surface area contributed by atoms with Gasteiger partial charge < -0.3 is 5.32 Å². The maximum absolute atomic E-state index is 14.4. The summed E-state index contributed by atoms with van der Waals surface area (Å²) < 4.78 is 16.3. The average Bonchev–Trinajstić information content (AvgIpc) is 3.52. The smallest absolute Gasteiger partial charge is 0.321 e. The zero-order valence-electron chi connectivity index (χ0n) is 16.2. The Hall–Kier alpha value is -3.20. The molecule has 0 radical (unpaired) electrons. The van der Waals surface area contributed by atoms with Gasteiger partial charge in [-0.2, -0.15) is 0 Å². The van der Waals surface area contributed by atoms with Crippen molar-refractivity contribution in [3.8, 4) is 11.4 Å². The lowest BCUT2D eigenvalue weighted by atomic mass is 10.1. The maximum Gasteiger partial charge on any atom is 0.321 e. The van der Waals surface area contributed by atoms with E-state index in [9.17, 15) is 14.0 Å². The molecule has 30 heavy (non-hydrogen) atoms. The second kappa shape index (κ2) is 8.66. The van der Waals surface area contributed by atoms with E-state index in [0.29, 0.717) is 16.5 Å². The van der Waals surface area contributed by atoms with Crippen LogP contribution >= 0.6 is 11.8 Å². The fraction of sp³-hybridized carbons (Fsp3) is 0.238. The van der Waals surface area contributed by atoms with E-state index >= 15 is 0 Å². The van der Waals surface area contributed by atoms with Crippen LogP contribution in [0.4, 0.5) is 9.18 Å². The largest absolute Gasteiger partial charge is 0.341 e. The molecule has 4 rings (SSSR count). The minimum absolute atomic E-state index is 0.163. The number of thioether (sulfide) groups is 1. The zero-order valence-corrected chi connectivity index (χ0v) is 17.0. The van der Waals surface area contributed by atoms with Crippen LogP contribution in [0.1, 0.15) is 29.7 Å². The molecule has 3 aromatic rings. The predicted molar refractivity (Wildman–Crippen MR) is 111 cm³/mol. The van der Waals surface area contributed by atoms with Crippen molar-refractivity contribution in [2.24, 2.45) is 0 Å². The summed E-state index contributed by atoms with van der Waals surface area (Å²) in [5, 5.41) is 13.0. The summed E-state index contributed by atoms with van der Waals surface area (Å²) in [6.45, 7) is 0. The molecule has 1 atom stereocenters. The Bertz CT molecular complexity index is 1070. The second-order valence-electron chi connectivity index (χ2n) is 6.86. The molecular formula is C21H20FN5O2S. The van der Waals surface area contributed by atoms with Gasteiger partial charge >= 0.3 is 6.03 Å². The van der Waals surface area contributed by atoms with Crippen LogP contribution in [0, 0.1) is 5.82 Å². The molecule has 1 saturated carbocycles. The maximum atomic E-state index is 14.4. The van der Waals surface area contributed by atoms with Crippen molar-refractivity contribution in [1.29, 1.82) is 0 Å². The molecule has 1 heterocycles. The van der Waals surface area contributed by atoms with Crippen LogP contribution in [0.15, 0.2) is 59.8 Å². The molecule has 0 aliphatic heterocycles. The number of urea groups is 1. The van der Waals surface area contributed by atoms with Crippen LogP contribution in [0.2, 0.25) is 0 Å². The molecule has 7 nitrogen and oxygen atoms in total. The standard InChI is InChI=1S/C21H20FN5O2S/c1-23-20(29)24-19(28)17(13-7-3-2-4-8-13)30-21-26-25-18(27(21)14-11-12-14)15-9-5-6-10-16(15)22/h2-10,14,17H,11-12H2,1H3,(H2,23,24,28,29)/t17-/m1/s1. The molecule has 2 aromatic carbocycles. The number of carbonyl (C=O) groups is 2. The van der Waals surface area contributed by atoms with Crippen molar-refractivity contribution in [1.82, 2.24) is 25.4 Å². The molecule has 2 N–H and O–H groups in total. The summed E-state index contributed by atoms with van der Waals surface area (Å²) in [5.74, 6) is -0.403. The number of halogens is 1. The van der Waals surface area contributed by atoms with Gasteiger partial charge in [0.05, 0.1) is 5.56 Å². The van der Waals surface area contributed by atoms with Crippen LogP contribution < -0.4 is 10.6 Å². The van der Waals surface area contributed by atoms with E-state index in [1.807, 2.05) is 34.9 Å². The summed E-state index contributed by atoms with van der Waals surface area (Å²) in [6.07, 6.45) is 1.88. The number of benzene rings is 2. The van der Waals surface area contributed by atoms with Crippen LogP contribution in [-0.4, -0.2) is 33.8 Å². The van der Waals surface area contributed by atoms with Gasteiger partial charge in [-0.15, -0.1) is 10.2 Å². The van der Waals surface area contributed by atoms with Crippen LogP contribution in [-0.2, 0) is 4.79 Å². The van der Waals surface area contributed by atoms with Gasteiger partial charge in [0, 0.05) is 13.1 Å². The number of amides is 3. The lowest BCUT2D eigenvalue weighted by molar-refractivity contribution is -0.119. The lowest BCUT2D eigenvalue weighted by Gasteiger charge is -2.17. The number of hydrogen-bond acceptors (Lipinski definition) is 5. The molecule has 1 aliphatic carbocycles. The van der Waals surface area contributed by atoms with Crippen molar-refractivity contribution >= 4 is 23.7 Å². The van der Waals surface area contributed by atoms with Gasteiger partial charge in [0.25, 0.3) is 0 Å². The first-order valence-corrected chi connectivity index (χ1v) is 10.4. The van der Waals surface area contributed by atoms with E-state index in [1.165, 1.54) is 24.9 Å². The molecule has 0 spiro atoms. The normalized spacial score (nSPS) is 14.2. The van der Waals surface area contributed by atoms with E-state index in [2.05, 4.69) is 20.8 Å². The van der Waals surface area contributed by atoms with E-state index in [1.54, 1.807) is 18.2 Å². The lowest BCUT2D eigenvalue weighted by Crippen LogP contribution is -2.39. The Labute approximate surface area is 177 Å². The Morgan fingerprint density at radius 2 is 1.80 bits per heavy atom. The molecule has 1 fully saturated rings. The first kappa shape index (κ1) is 20.1. The van der Waals surface area contributed by atoms with Crippen LogP contribution in [0.25, 0.3) is 11.4 Å². The minimum Gasteiger partial charge on any atom is -0.341 e. The molecule has 1 aliphatic rings. The number of rotatable bonds is 6. The van der Waals surface area contributed by atoms with Gasteiger partial charge in [0.1, 0.15) is 11.1 Å². The molecule has 9 heteroatoms. The summed E-state index contributed by atoms with van der Waals surface area (Å²) in [7, 11) is 1.44. The van der Waals surface area contributed by atoms with Gasteiger partial charge in [-0.1, -0.05) is 54.2 Å². The number of carbonyl (C=O) groups excluding carboxylic acids is 2. The Morgan fingerprint density at radius 3 is 2.47 bits per heavy atom. The van der Waals surface area contributed by atoms with Crippen molar-refractivity contribution in [3.63, 3.8) is 0 Å². The summed E-state index contributed by atoms with van der Waals surface area (Å²) in [6, 6.07) is 15.1. The highest BCUT2D eigenvalue weighted by Gasteiger charge is 2.33. The topological polar surface area (TPSA) is 88.9 Å². The second-order valence-corrected chi connectivity index (χ2v) is 7.94. The molecule has 0 unspecified atom stereocenters. The van der Waals surface area contributed by atoms with Crippen molar-refractivity contribution in [3.05, 3.63) is 66.0 Å². The Kier molecular flexibility index (Phi) is 5.80. The third kappa shape index (κ3) is 4.20. The van der Waals surface area contributed by atoms with Gasteiger partial charge in [0.15, 0.2) is 11.0 Å². The quantitative estimate of drug-likeness (QED) is 0.588. The van der Waals surface area contributed by atoms with Gasteiger partial charge in [-0.25, -0.2) is 9.18 Å². The van der Waals surface area contributed by atoms with E-state index < -0.39 is 17.2 Å². The van der Waals surface area contributed by atoms with E-state index in [4.69, 9.17) is 0 Å². The number of hydrogen-bond donors (Lipinski definition) is 2. The van der Waals surface area contributed by atoms with Gasteiger partial charge in [0.2, 0.25) is 5.91 Å². The van der Waals surface area contributed by atoms with Crippen molar-refractivity contribution in [2.45, 2.75) is 29.3 Å². The van der Waals surface area contributed by atoms with Crippen molar-refractivity contribution < 1.29 is 14.0 Å². The fourth-order valence-corrected chi connectivity index (χ4v) is 4.20. The van der Waals surface area contributed by atoms with Crippen molar-refractivity contribution in [2.75, 3.05) is 7.05 Å². The molecule has 0 saturated heterocycles. The Morgan fingerprint density at radius 1 is 1.10 bits per heavy atom. The third-order valence-corrected chi connectivity index (χ3v) is 5.93. The average molecular weight is 425 g/mol. The fourth-order valence-electron chi connectivity index (χ4n) is 3.09. The molecule has 0 bridgehead atoms. The van der Waals surface area contributed by atoms with E-state index in [0.717, 1.165) is 18.4 Å². The van der Waals surface area contributed by atoms with Crippen LogP contribution in [0.3, 0.4) is 0 Å². The molecule has 1 aromatic heterocycles. The van der Waals surface area contributed by atoms with Crippen LogP contribution in [0.5, 0.6) is 0 Å². The first-order valence-electron chi connectivity index (χ1n) is 9.52. The third-order valence-electron chi connectivity index (χ3n) is 4.72. The monoisotopic (exact) mass is 425 g/mol. The number of nitrogens with zero attached hydrogens (tertiary/aromatic N) is 3. The predicted octanol–water partition coefficient (Wildman–Crippen LogP) is 3.71. The number of imide groups is 1. The summed E-state index contributed by atoms with van der Waals surface area (Å²) in [5.41, 5.74) is 1.09. The first-order chi connectivity index (χ1) is 14.6. The van der Waals surface area contributed by atoms with E-state index in [-0.39, 0.29) is 11.9 Å². The minimum atomic E-state index is -0.723. The number of aromatic nitrogens is 3. The Balaban J connectivity index is 1.71. The summed E-state index contributed by atoms with van der Waals surface area (Å²) in [4.78, 5) is 24.5. The summed E-state index contributed by atoms with van der Waals surface area (Å²) >= 11 is 1.19. The highest BCUT2D eigenvalue weighted by molar-refractivity contribution is 8.00. The highest BCUT2D eigenvalue weighted by atomic mass is 32.2. The molecule has 154 valence electrons. The molecular weight excluding hydrogens is 405 g/mol. The number of nitrogens with one attached hydrogen (secondary N) is 2. The SMILES string of the molecule is CNC(=O)NC(=O)[C@H](Sc1nnc(-c2ccccc2F)n1C1CC1)c1ccccc1. The van der Waals surface area contributed by atoms with Gasteiger partial charge in [-0.3, -0.25) is 14.7 Å². The highest BCUT2D eigenvalue weighted by Crippen LogP contribution is 2.44.